The number of aryl methyl sites for hydroxylation is 2. The molecule has 2 heterocycles. The van der Waals surface area contributed by atoms with Crippen LogP contribution in [0.5, 0.6) is 0 Å². The molecule has 0 saturated carbocycles. The molecule has 1 N–H and O–H groups in total. The van der Waals surface area contributed by atoms with Crippen molar-refractivity contribution in [3.63, 3.8) is 0 Å². The normalized spacial score (nSPS) is 16.5. The maximum absolute atomic E-state index is 14.0. The molecule has 1 aliphatic heterocycles. The molecular weight excluding hydrogens is 401 g/mol. The predicted octanol–water partition coefficient (Wildman–Crippen LogP) is 4.41. The summed E-state index contributed by atoms with van der Waals surface area (Å²) in [4.78, 5) is 16.0. The average molecular weight is 434 g/mol. The Kier molecular flexibility index (Phi) is 6.37. The van der Waals surface area contributed by atoms with E-state index in [4.69, 9.17) is 0 Å². The second-order valence-corrected chi connectivity index (χ2v) is 9.26. The van der Waals surface area contributed by atoms with Gasteiger partial charge in [-0.1, -0.05) is 24.6 Å². The van der Waals surface area contributed by atoms with Crippen LogP contribution in [0.25, 0.3) is 10.9 Å². The summed E-state index contributed by atoms with van der Waals surface area (Å²) in [5.74, 6) is -0.215. The van der Waals surface area contributed by atoms with Crippen LogP contribution in [0.2, 0.25) is 0 Å². The molecule has 0 bridgehead atoms. The number of benzene rings is 2. The van der Waals surface area contributed by atoms with Crippen molar-refractivity contribution in [1.82, 2.24) is 14.8 Å². The van der Waals surface area contributed by atoms with Crippen LogP contribution in [0.1, 0.15) is 47.9 Å². The minimum atomic E-state index is -0.215. The van der Waals surface area contributed by atoms with Crippen LogP contribution >= 0.6 is 0 Å². The van der Waals surface area contributed by atoms with Crippen molar-refractivity contribution in [1.29, 1.82) is 0 Å². The van der Waals surface area contributed by atoms with Crippen LogP contribution in [0.15, 0.2) is 47.3 Å². The first kappa shape index (κ1) is 21.4. The third-order valence-corrected chi connectivity index (χ3v) is 7.06. The van der Waals surface area contributed by atoms with Gasteiger partial charge in [-0.2, -0.15) is 0 Å². The van der Waals surface area contributed by atoms with Crippen LogP contribution < -0.4 is 10.9 Å². The number of piperidine rings is 1. The Morgan fingerprint density at radius 3 is 2.41 bits per heavy atom. The zero-order valence-electron chi connectivity index (χ0n) is 18.7. The minimum absolute atomic E-state index is 0.0773. The Hall–Kier alpha value is -2.50. The van der Waals surface area contributed by atoms with E-state index in [2.05, 4.69) is 22.3 Å². The van der Waals surface area contributed by atoms with Crippen LogP contribution in [-0.4, -0.2) is 29.1 Å². The van der Waals surface area contributed by atoms with E-state index in [9.17, 15) is 9.18 Å². The maximum Gasteiger partial charge on any atom is 0.255 e. The highest BCUT2D eigenvalue weighted by Crippen LogP contribution is 2.27. The van der Waals surface area contributed by atoms with Gasteiger partial charge in [0.05, 0.1) is 5.52 Å². The molecule has 168 valence electrons. The SMILES string of the molecule is O=c1c(CNCc2ccccc2F)cc2cc3c(cc2n1CCN1CCCCC1)CCC3. The molecule has 5 heteroatoms. The molecule has 4 nitrogen and oxygen atoms in total. The molecule has 0 atom stereocenters. The van der Waals surface area contributed by atoms with E-state index in [1.54, 1.807) is 12.1 Å². The number of nitrogens with one attached hydrogen (secondary N) is 1. The van der Waals surface area contributed by atoms with Crippen molar-refractivity contribution < 1.29 is 4.39 Å². The van der Waals surface area contributed by atoms with Crippen molar-refractivity contribution in [3.05, 3.63) is 80.9 Å². The zero-order chi connectivity index (χ0) is 21.9. The van der Waals surface area contributed by atoms with Crippen molar-refractivity contribution in [2.24, 2.45) is 0 Å². The Balaban J connectivity index is 1.43. The van der Waals surface area contributed by atoms with Crippen LogP contribution in [-0.2, 0) is 32.5 Å². The second kappa shape index (κ2) is 9.55. The summed E-state index contributed by atoms with van der Waals surface area (Å²) in [5, 5.41) is 4.43. The van der Waals surface area contributed by atoms with Gasteiger partial charge in [-0.05, 0) is 86.0 Å². The quantitative estimate of drug-likeness (QED) is 0.600. The number of halogens is 1. The molecule has 2 aromatic carbocycles. The van der Waals surface area contributed by atoms with Gasteiger partial charge in [0.25, 0.3) is 5.56 Å². The molecule has 2 aliphatic rings. The molecule has 0 unspecified atom stereocenters. The van der Waals surface area contributed by atoms with Crippen LogP contribution in [0.3, 0.4) is 0 Å². The van der Waals surface area contributed by atoms with Crippen LogP contribution in [0, 0.1) is 5.82 Å². The highest BCUT2D eigenvalue weighted by molar-refractivity contribution is 5.82. The number of rotatable bonds is 7. The molecule has 3 aromatic rings. The fourth-order valence-electron chi connectivity index (χ4n) is 5.26. The Morgan fingerprint density at radius 2 is 1.59 bits per heavy atom. The summed E-state index contributed by atoms with van der Waals surface area (Å²) in [5.41, 5.74) is 5.33. The molecule has 0 amide bonds. The Labute approximate surface area is 189 Å². The summed E-state index contributed by atoms with van der Waals surface area (Å²) < 4.78 is 15.9. The van der Waals surface area contributed by atoms with Gasteiger partial charge in [-0.25, -0.2) is 4.39 Å². The van der Waals surface area contributed by atoms with Gasteiger partial charge in [0.15, 0.2) is 0 Å². The monoisotopic (exact) mass is 433 g/mol. The van der Waals surface area contributed by atoms with Crippen molar-refractivity contribution in [2.75, 3.05) is 19.6 Å². The van der Waals surface area contributed by atoms with Gasteiger partial charge in [-0.15, -0.1) is 0 Å². The van der Waals surface area contributed by atoms with Gasteiger partial charge in [0, 0.05) is 37.3 Å². The second-order valence-electron chi connectivity index (χ2n) is 9.26. The van der Waals surface area contributed by atoms with Gasteiger partial charge < -0.3 is 14.8 Å². The van der Waals surface area contributed by atoms with Crippen molar-refractivity contribution >= 4 is 10.9 Å². The number of fused-ring (bicyclic) bond motifs is 2. The summed E-state index contributed by atoms with van der Waals surface area (Å²) in [6, 6.07) is 13.4. The zero-order valence-corrected chi connectivity index (χ0v) is 18.7. The maximum atomic E-state index is 14.0. The lowest BCUT2D eigenvalue weighted by Crippen LogP contribution is -2.36. The number of likely N-dealkylation sites (tertiary alicyclic amines) is 1. The van der Waals surface area contributed by atoms with E-state index in [1.165, 1.54) is 42.9 Å². The largest absolute Gasteiger partial charge is 0.308 e. The molecule has 1 aromatic heterocycles. The van der Waals surface area contributed by atoms with E-state index in [0.717, 1.165) is 55.5 Å². The summed E-state index contributed by atoms with van der Waals surface area (Å²) in [6.07, 6.45) is 7.25. The molecule has 1 fully saturated rings. The molecule has 32 heavy (non-hydrogen) atoms. The van der Waals surface area contributed by atoms with Gasteiger partial charge in [0.2, 0.25) is 0 Å². The third-order valence-electron chi connectivity index (χ3n) is 7.06. The van der Waals surface area contributed by atoms with E-state index in [-0.39, 0.29) is 11.4 Å². The fourth-order valence-corrected chi connectivity index (χ4v) is 5.26. The van der Waals surface area contributed by atoms with Gasteiger partial charge in [0.1, 0.15) is 5.82 Å². The van der Waals surface area contributed by atoms with Gasteiger partial charge in [-0.3, -0.25) is 4.79 Å². The molecule has 5 rings (SSSR count). The smallest absolute Gasteiger partial charge is 0.255 e. The topological polar surface area (TPSA) is 37.3 Å². The van der Waals surface area contributed by atoms with Crippen molar-refractivity contribution in [3.8, 4) is 0 Å². The molecule has 1 saturated heterocycles. The Morgan fingerprint density at radius 1 is 0.844 bits per heavy atom. The van der Waals surface area contributed by atoms with E-state index in [1.807, 2.05) is 16.7 Å². The van der Waals surface area contributed by atoms with E-state index in [0.29, 0.717) is 18.7 Å². The minimum Gasteiger partial charge on any atom is -0.308 e. The van der Waals surface area contributed by atoms with Crippen molar-refractivity contribution in [2.45, 2.75) is 58.2 Å². The van der Waals surface area contributed by atoms with Crippen LogP contribution in [0.4, 0.5) is 4.39 Å². The number of nitrogens with zero attached hydrogens (tertiary/aromatic N) is 2. The highest BCUT2D eigenvalue weighted by Gasteiger charge is 2.17. The number of aromatic nitrogens is 1. The predicted molar refractivity (Wildman–Crippen MR) is 127 cm³/mol. The standard InChI is InChI=1S/C27H32FN3O/c28-25-10-3-2-7-22(25)18-29-19-24-16-23-15-20-8-6-9-21(20)17-26(23)31(27(24)32)14-13-30-11-4-1-5-12-30/h2-3,7,10,15-17,29H,1,4-6,8-9,11-14,18-19H2. The molecule has 0 spiro atoms. The molecular formula is C27H32FN3O. The Bertz CT molecular complexity index is 1160. The summed E-state index contributed by atoms with van der Waals surface area (Å²) in [7, 11) is 0. The first-order valence-electron chi connectivity index (χ1n) is 12.0. The highest BCUT2D eigenvalue weighted by atomic mass is 19.1. The van der Waals surface area contributed by atoms with E-state index < -0.39 is 0 Å². The lowest BCUT2D eigenvalue weighted by molar-refractivity contribution is 0.221. The first-order chi connectivity index (χ1) is 15.7. The molecule has 0 radical (unpaired) electrons. The number of hydrogen-bond donors (Lipinski definition) is 1. The summed E-state index contributed by atoms with van der Waals surface area (Å²) in [6.45, 7) is 4.73. The average Bonchev–Trinajstić information content (AvgIpc) is 3.27. The summed E-state index contributed by atoms with van der Waals surface area (Å²) >= 11 is 0. The number of hydrogen-bond acceptors (Lipinski definition) is 3. The molecule has 1 aliphatic carbocycles. The lowest BCUT2D eigenvalue weighted by Gasteiger charge is -2.27. The fraction of sp³-hybridized carbons (Fsp3) is 0.444. The first-order valence-corrected chi connectivity index (χ1v) is 12.0. The lowest BCUT2D eigenvalue weighted by atomic mass is 10.0. The number of pyridine rings is 1. The van der Waals surface area contributed by atoms with Gasteiger partial charge >= 0.3 is 0 Å². The third kappa shape index (κ3) is 4.50. The van der Waals surface area contributed by atoms with E-state index >= 15 is 0 Å².